The van der Waals surface area contributed by atoms with Crippen LogP contribution in [-0.2, 0) is 0 Å². The molecular formula is C15H17NO. The molecule has 0 spiro atoms. The maximum absolute atomic E-state index is 5.81. The van der Waals surface area contributed by atoms with Gasteiger partial charge in [0.15, 0.2) is 0 Å². The van der Waals surface area contributed by atoms with Gasteiger partial charge in [0.25, 0.3) is 0 Å². The average Bonchev–Trinajstić information content (AvgIpc) is 2.34. The van der Waals surface area contributed by atoms with Crippen LogP contribution in [-0.4, -0.2) is 6.61 Å². The molecule has 0 bridgehead atoms. The predicted octanol–water partition coefficient (Wildman–Crippen LogP) is 3.64. The van der Waals surface area contributed by atoms with E-state index in [1.165, 1.54) is 11.1 Å². The third-order valence-corrected chi connectivity index (χ3v) is 2.77. The van der Waals surface area contributed by atoms with Crippen molar-refractivity contribution in [3.63, 3.8) is 0 Å². The highest BCUT2D eigenvalue weighted by Crippen LogP contribution is 2.25. The van der Waals surface area contributed by atoms with E-state index in [1.54, 1.807) is 0 Å². The molecule has 0 amide bonds. The molecule has 2 heteroatoms. The van der Waals surface area contributed by atoms with Crippen molar-refractivity contribution >= 4 is 5.69 Å². The first-order valence-electron chi connectivity index (χ1n) is 5.80. The van der Waals surface area contributed by atoms with E-state index in [9.17, 15) is 0 Å². The van der Waals surface area contributed by atoms with Crippen LogP contribution in [0.15, 0.2) is 42.5 Å². The highest BCUT2D eigenvalue weighted by molar-refractivity contribution is 5.68. The second kappa shape index (κ2) is 4.91. The maximum Gasteiger partial charge on any atom is 0.119 e. The van der Waals surface area contributed by atoms with Gasteiger partial charge < -0.3 is 10.5 Å². The molecule has 2 aromatic carbocycles. The van der Waals surface area contributed by atoms with E-state index in [-0.39, 0.29) is 0 Å². The summed E-state index contributed by atoms with van der Waals surface area (Å²) in [4.78, 5) is 0. The molecule has 0 aliphatic rings. The molecule has 0 radical (unpaired) electrons. The highest BCUT2D eigenvalue weighted by Gasteiger charge is 2.00. The first-order chi connectivity index (χ1) is 8.20. The second-order valence-electron chi connectivity index (χ2n) is 4.03. The molecule has 0 saturated heterocycles. The van der Waals surface area contributed by atoms with Crippen LogP contribution >= 0.6 is 0 Å². The van der Waals surface area contributed by atoms with Gasteiger partial charge in [0.05, 0.1) is 6.61 Å². The fraction of sp³-hybridized carbons (Fsp3) is 0.200. The Bertz CT molecular complexity index is 503. The summed E-state index contributed by atoms with van der Waals surface area (Å²) in [5.74, 6) is 0.906. The Kier molecular flexibility index (Phi) is 3.33. The smallest absolute Gasteiger partial charge is 0.119 e. The van der Waals surface area contributed by atoms with Gasteiger partial charge in [-0.2, -0.15) is 0 Å². The molecule has 0 aromatic heterocycles. The molecule has 88 valence electrons. The van der Waals surface area contributed by atoms with Crippen molar-refractivity contribution in [2.24, 2.45) is 0 Å². The Labute approximate surface area is 102 Å². The number of ether oxygens (including phenoxy) is 1. The van der Waals surface area contributed by atoms with E-state index in [0.717, 1.165) is 17.0 Å². The van der Waals surface area contributed by atoms with Crippen molar-refractivity contribution in [1.29, 1.82) is 0 Å². The molecule has 2 rings (SSSR count). The van der Waals surface area contributed by atoms with E-state index in [2.05, 4.69) is 18.2 Å². The Morgan fingerprint density at radius 2 is 1.65 bits per heavy atom. The Balaban J connectivity index is 2.30. The zero-order valence-corrected chi connectivity index (χ0v) is 10.2. The fourth-order valence-electron chi connectivity index (χ4n) is 1.77. The number of hydrogen-bond acceptors (Lipinski definition) is 2. The van der Waals surface area contributed by atoms with Crippen LogP contribution in [0.4, 0.5) is 5.69 Å². The third kappa shape index (κ3) is 2.59. The zero-order chi connectivity index (χ0) is 12.3. The fourth-order valence-corrected chi connectivity index (χ4v) is 1.77. The van der Waals surface area contributed by atoms with Gasteiger partial charge in [-0.05, 0) is 54.8 Å². The zero-order valence-electron chi connectivity index (χ0n) is 10.2. The summed E-state index contributed by atoms with van der Waals surface area (Å²) in [7, 11) is 0. The van der Waals surface area contributed by atoms with Gasteiger partial charge in [0, 0.05) is 5.69 Å². The number of aryl methyl sites for hydroxylation is 1. The molecule has 2 N–H and O–H groups in total. The lowest BCUT2D eigenvalue weighted by Gasteiger charge is -2.07. The van der Waals surface area contributed by atoms with Crippen molar-refractivity contribution < 1.29 is 4.74 Å². The largest absolute Gasteiger partial charge is 0.494 e. The average molecular weight is 227 g/mol. The topological polar surface area (TPSA) is 35.2 Å². The van der Waals surface area contributed by atoms with Gasteiger partial charge >= 0.3 is 0 Å². The van der Waals surface area contributed by atoms with Crippen LogP contribution in [0.1, 0.15) is 12.5 Å². The molecule has 2 aromatic rings. The summed E-state index contributed by atoms with van der Waals surface area (Å²) in [6, 6.07) is 14.2. The number of rotatable bonds is 3. The van der Waals surface area contributed by atoms with Crippen molar-refractivity contribution in [2.75, 3.05) is 12.3 Å². The molecule has 0 atom stereocenters. The molecule has 0 aliphatic heterocycles. The van der Waals surface area contributed by atoms with Gasteiger partial charge in [-0.15, -0.1) is 0 Å². The normalized spacial score (nSPS) is 10.2. The quantitative estimate of drug-likeness (QED) is 0.812. The van der Waals surface area contributed by atoms with Crippen molar-refractivity contribution in [2.45, 2.75) is 13.8 Å². The number of benzene rings is 2. The standard InChI is InChI=1S/C15H17NO/c1-3-17-14-7-4-12(5-8-14)13-6-9-15(16)11(2)10-13/h4-10H,3,16H2,1-2H3. The van der Waals surface area contributed by atoms with E-state index in [0.29, 0.717) is 6.61 Å². The van der Waals surface area contributed by atoms with Crippen molar-refractivity contribution in [3.05, 3.63) is 48.0 Å². The summed E-state index contributed by atoms with van der Waals surface area (Å²) in [5, 5.41) is 0. The lowest BCUT2D eigenvalue weighted by Crippen LogP contribution is -1.91. The first-order valence-corrected chi connectivity index (χ1v) is 5.80. The maximum atomic E-state index is 5.81. The minimum absolute atomic E-state index is 0.695. The van der Waals surface area contributed by atoms with Gasteiger partial charge in [-0.1, -0.05) is 18.2 Å². The van der Waals surface area contributed by atoms with Gasteiger partial charge in [-0.25, -0.2) is 0 Å². The van der Waals surface area contributed by atoms with E-state index < -0.39 is 0 Å². The molecule has 0 fully saturated rings. The van der Waals surface area contributed by atoms with Crippen molar-refractivity contribution in [1.82, 2.24) is 0 Å². The van der Waals surface area contributed by atoms with Crippen LogP contribution in [0.25, 0.3) is 11.1 Å². The Morgan fingerprint density at radius 1 is 1.00 bits per heavy atom. The summed E-state index contributed by atoms with van der Waals surface area (Å²) in [6.07, 6.45) is 0. The molecule has 2 nitrogen and oxygen atoms in total. The number of nitrogen functional groups attached to an aromatic ring is 1. The monoisotopic (exact) mass is 227 g/mol. The van der Waals surface area contributed by atoms with Crippen LogP contribution in [0.5, 0.6) is 5.75 Å². The van der Waals surface area contributed by atoms with Crippen LogP contribution in [0.2, 0.25) is 0 Å². The summed E-state index contributed by atoms with van der Waals surface area (Å²) in [6.45, 7) is 4.70. The van der Waals surface area contributed by atoms with Gasteiger partial charge in [0.1, 0.15) is 5.75 Å². The lowest BCUT2D eigenvalue weighted by atomic mass is 10.0. The Hall–Kier alpha value is -1.96. The number of anilines is 1. The minimum atomic E-state index is 0.695. The predicted molar refractivity (Wildman–Crippen MR) is 72.2 cm³/mol. The Morgan fingerprint density at radius 3 is 2.24 bits per heavy atom. The number of hydrogen-bond donors (Lipinski definition) is 1. The second-order valence-corrected chi connectivity index (χ2v) is 4.03. The van der Waals surface area contributed by atoms with Crippen LogP contribution in [0, 0.1) is 6.92 Å². The first kappa shape index (κ1) is 11.5. The van der Waals surface area contributed by atoms with Crippen molar-refractivity contribution in [3.8, 4) is 16.9 Å². The SMILES string of the molecule is CCOc1ccc(-c2ccc(N)c(C)c2)cc1. The molecular weight excluding hydrogens is 210 g/mol. The third-order valence-electron chi connectivity index (χ3n) is 2.77. The summed E-state index contributed by atoms with van der Waals surface area (Å²) < 4.78 is 5.42. The summed E-state index contributed by atoms with van der Waals surface area (Å²) >= 11 is 0. The van der Waals surface area contributed by atoms with Crippen LogP contribution < -0.4 is 10.5 Å². The van der Waals surface area contributed by atoms with E-state index in [4.69, 9.17) is 10.5 Å². The van der Waals surface area contributed by atoms with Gasteiger partial charge in [0.2, 0.25) is 0 Å². The molecule has 0 saturated carbocycles. The molecule has 0 heterocycles. The minimum Gasteiger partial charge on any atom is -0.494 e. The molecule has 17 heavy (non-hydrogen) atoms. The lowest BCUT2D eigenvalue weighted by molar-refractivity contribution is 0.340. The highest BCUT2D eigenvalue weighted by atomic mass is 16.5. The molecule has 0 unspecified atom stereocenters. The van der Waals surface area contributed by atoms with E-state index >= 15 is 0 Å². The number of nitrogens with two attached hydrogens (primary N) is 1. The van der Waals surface area contributed by atoms with Crippen LogP contribution in [0.3, 0.4) is 0 Å². The molecule has 0 aliphatic carbocycles. The van der Waals surface area contributed by atoms with E-state index in [1.807, 2.05) is 38.1 Å². The summed E-state index contributed by atoms with van der Waals surface area (Å²) in [5.41, 5.74) is 10.1. The van der Waals surface area contributed by atoms with Gasteiger partial charge in [-0.3, -0.25) is 0 Å².